The highest BCUT2D eigenvalue weighted by atomic mass is 32.1. The molecule has 2 aliphatic heterocycles. The van der Waals surface area contributed by atoms with Gasteiger partial charge in [0.1, 0.15) is 0 Å². The van der Waals surface area contributed by atoms with Crippen LogP contribution in [0, 0.1) is 5.92 Å². The number of carbonyl (C=O) groups excluding carboxylic acids is 2. The summed E-state index contributed by atoms with van der Waals surface area (Å²) in [7, 11) is 0. The summed E-state index contributed by atoms with van der Waals surface area (Å²) < 4.78 is 0. The Morgan fingerprint density at radius 3 is 2.73 bits per heavy atom. The molecule has 0 unspecified atom stereocenters. The van der Waals surface area contributed by atoms with E-state index in [2.05, 4.69) is 37.1 Å². The van der Waals surface area contributed by atoms with Gasteiger partial charge in [0.05, 0.1) is 12.0 Å². The summed E-state index contributed by atoms with van der Waals surface area (Å²) in [5.74, 6) is -0.0308. The van der Waals surface area contributed by atoms with E-state index in [0.29, 0.717) is 30.6 Å². The molecule has 1 aromatic heterocycles. The van der Waals surface area contributed by atoms with Crippen LogP contribution < -0.4 is 5.32 Å². The minimum absolute atomic E-state index is 0.0220. The summed E-state index contributed by atoms with van der Waals surface area (Å²) in [6, 6.07) is 12.1. The fourth-order valence-corrected chi connectivity index (χ4v) is 6.21. The molecule has 2 aliphatic rings. The van der Waals surface area contributed by atoms with Gasteiger partial charge in [-0.2, -0.15) is 0 Å². The van der Waals surface area contributed by atoms with Crippen LogP contribution in [0.2, 0.25) is 0 Å². The number of hydrogen-bond donors (Lipinski definition) is 1. The quantitative estimate of drug-likeness (QED) is 0.552. The fourth-order valence-electron chi connectivity index (χ4n) is 5.34. The van der Waals surface area contributed by atoms with Gasteiger partial charge < -0.3 is 15.1 Å². The Balaban J connectivity index is 1.54. The molecule has 1 N–H and O–H groups in total. The molecule has 0 spiro atoms. The molecule has 6 heteroatoms. The number of fused-ring (bicyclic) bond motifs is 1. The molecule has 0 radical (unpaired) electrons. The molecule has 3 atom stereocenters. The van der Waals surface area contributed by atoms with E-state index in [0.717, 1.165) is 30.0 Å². The number of likely N-dealkylation sites (tertiary alicyclic amines) is 1. The standard InChI is InChI=1S/C27H37N3O2S/c1-19(2)18-30-25(23-13-8-17-33-23)24(21-11-4-5-12-22(21)27(30)32)26(31)28-14-9-16-29-15-7-6-10-20(29)3/h4-5,8,11-13,17,19-20,24-25H,6-7,9-10,14-16,18H2,1-3H3,(H,28,31)/t20-,24+,25-/m1/s1. The number of carbonyl (C=O) groups is 2. The smallest absolute Gasteiger partial charge is 0.254 e. The molecule has 4 rings (SSSR count). The first-order chi connectivity index (χ1) is 16.0. The van der Waals surface area contributed by atoms with E-state index < -0.39 is 5.92 Å². The van der Waals surface area contributed by atoms with E-state index in [-0.39, 0.29) is 17.9 Å². The number of rotatable bonds is 8. The van der Waals surface area contributed by atoms with E-state index in [1.165, 1.54) is 19.3 Å². The van der Waals surface area contributed by atoms with Crippen molar-refractivity contribution >= 4 is 23.2 Å². The lowest BCUT2D eigenvalue weighted by atomic mass is 9.81. The van der Waals surface area contributed by atoms with Crippen molar-refractivity contribution in [2.45, 2.75) is 64.5 Å². The highest BCUT2D eigenvalue weighted by molar-refractivity contribution is 7.10. The predicted molar refractivity (Wildman–Crippen MR) is 135 cm³/mol. The molecule has 3 heterocycles. The second kappa shape index (κ2) is 10.8. The predicted octanol–water partition coefficient (Wildman–Crippen LogP) is 5.07. The Hall–Kier alpha value is -2.18. The van der Waals surface area contributed by atoms with E-state index in [1.807, 2.05) is 40.6 Å². The molecular formula is C27H37N3O2S. The summed E-state index contributed by atoms with van der Waals surface area (Å²) in [6.07, 6.45) is 4.82. The molecule has 0 bridgehead atoms. The van der Waals surface area contributed by atoms with Gasteiger partial charge in [-0.1, -0.05) is 44.5 Å². The van der Waals surface area contributed by atoms with E-state index in [1.54, 1.807) is 11.3 Å². The van der Waals surface area contributed by atoms with Gasteiger partial charge in [-0.05, 0) is 61.7 Å². The first kappa shape index (κ1) is 24.0. The maximum absolute atomic E-state index is 13.7. The Morgan fingerprint density at radius 1 is 1.18 bits per heavy atom. The van der Waals surface area contributed by atoms with Crippen LogP contribution in [0.4, 0.5) is 0 Å². The Kier molecular flexibility index (Phi) is 7.86. The van der Waals surface area contributed by atoms with Crippen LogP contribution >= 0.6 is 11.3 Å². The van der Waals surface area contributed by atoms with Gasteiger partial charge in [0.2, 0.25) is 5.91 Å². The lowest BCUT2D eigenvalue weighted by Crippen LogP contribution is -2.48. The zero-order valence-electron chi connectivity index (χ0n) is 20.1. The maximum atomic E-state index is 13.7. The summed E-state index contributed by atoms with van der Waals surface area (Å²) >= 11 is 1.62. The highest BCUT2D eigenvalue weighted by Gasteiger charge is 2.44. The topological polar surface area (TPSA) is 52.7 Å². The van der Waals surface area contributed by atoms with Crippen LogP contribution in [-0.2, 0) is 4.79 Å². The number of hydrogen-bond acceptors (Lipinski definition) is 4. The highest BCUT2D eigenvalue weighted by Crippen LogP contribution is 2.44. The van der Waals surface area contributed by atoms with Crippen molar-refractivity contribution in [3.63, 3.8) is 0 Å². The SMILES string of the molecule is CC(C)CN1C(=O)c2ccccc2[C@H](C(=O)NCCCN2CCCC[C@H]2C)[C@H]1c1cccs1. The largest absolute Gasteiger partial charge is 0.355 e. The second-order valence-electron chi connectivity index (χ2n) is 9.90. The zero-order chi connectivity index (χ0) is 23.4. The third-order valence-corrected chi connectivity index (χ3v) is 7.92. The average Bonchev–Trinajstić information content (AvgIpc) is 3.33. The van der Waals surface area contributed by atoms with Gasteiger partial charge in [-0.3, -0.25) is 9.59 Å². The normalized spacial score (nSPS) is 23.6. The minimum atomic E-state index is -0.398. The molecule has 178 valence electrons. The van der Waals surface area contributed by atoms with Gasteiger partial charge >= 0.3 is 0 Å². The first-order valence-corrected chi connectivity index (χ1v) is 13.3. The van der Waals surface area contributed by atoms with Crippen LogP contribution in [0.25, 0.3) is 0 Å². The lowest BCUT2D eigenvalue weighted by molar-refractivity contribution is -0.124. The number of nitrogens with zero attached hydrogens (tertiary/aromatic N) is 2. The summed E-state index contributed by atoms with van der Waals surface area (Å²) in [5, 5.41) is 5.26. The van der Waals surface area contributed by atoms with Crippen molar-refractivity contribution in [1.29, 1.82) is 0 Å². The number of benzene rings is 1. The zero-order valence-corrected chi connectivity index (χ0v) is 20.9. The number of piperidine rings is 1. The van der Waals surface area contributed by atoms with E-state index in [9.17, 15) is 9.59 Å². The van der Waals surface area contributed by atoms with Gasteiger partial charge in [0.15, 0.2) is 0 Å². The van der Waals surface area contributed by atoms with Crippen LogP contribution in [0.3, 0.4) is 0 Å². The van der Waals surface area contributed by atoms with Gasteiger partial charge in [-0.15, -0.1) is 11.3 Å². The average molecular weight is 468 g/mol. The van der Waals surface area contributed by atoms with Gasteiger partial charge in [0.25, 0.3) is 5.91 Å². The second-order valence-corrected chi connectivity index (χ2v) is 10.9. The third-order valence-electron chi connectivity index (χ3n) is 6.98. The first-order valence-electron chi connectivity index (χ1n) is 12.4. The van der Waals surface area contributed by atoms with Crippen molar-refractivity contribution in [2.24, 2.45) is 5.92 Å². The molecule has 1 saturated heterocycles. The summed E-state index contributed by atoms with van der Waals surface area (Å²) in [5.41, 5.74) is 1.51. The molecule has 2 amide bonds. The number of thiophene rings is 1. The number of nitrogens with one attached hydrogen (secondary N) is 1. The third kappa shape index (κ3) is 5.33. The van der Waals surface area contributed by atoms with Gasteiger partial charge in [0, 0.05) is 36.1 Å². The fraction of sp³-hybridized carbons (Fsp3) is 0.556. The maximum Gasteiger partial charge on any atom is 0.254 e. The van der Waals surface area contributed by atoms with Crippen molar-refractivity contribution in [1.82, 2.24) is 15.1 Å². The van der Waals surface area contributed by atoms with Crippen molar-refractivity contribution < 1.29 is 9.59 Å². The molecule has 1 aromatic carbocycles. The summed E-state index contributed by atoms with van der Waals surface area (Å²) in [4.78, 5) is 32.7. The van der Waals surface area contributed by atoms with E-state index >= 15 is 0 Å². The lowest BCUT2D eigenvalue weighted by Gasteiger charge is -2.42. The molecule has 33 heavy (non-hydrogen) atoms. The van der Waals surface area contributed by atoms with Crippen LogP contribution in [-0.4, -0.2) is 53.8 Å². The van der Waals surface area contributed by atoms with Crippen LogP contribution in [0.5, 0.6) is 0 Å². The van der Waals surface area contributed by atoms with Crippen molar-refractivity contribution in [3.05, 3.63) is 57.8 Å². The van der Waals surface area contributed by atoms with E-state index in [4.69, 9.17) is 0 Å². The Morgan fingerprint density at radius 2 is 2.00 bits per heavy atom. The van der Waals surface area contributed by atoms with Gasteiger partial charge in [-0.25, -0.2) is 0 Å². The van der Waals surface area contributed by atoms with Crippen LogP contribution in [0.1, 0.15) is 79.2 Å². The minimum Gasteiger partial charge on any atom is -0.355 e. The molecule has 0 aliphatic carbocycles. The van der Waals surface area contributed by atoms with Crippen molar-refractivity contribution in [3.8, 4) is 0 Å². The molecule has 2 aromatic rings. The molecule has 5 nitrogen and oxygen atoms in total. The Bertz CT molecular complexity index is 943. The van der Waals surface area contributed by atoms with Crippen molar-refractivity contribution in [2.75, 3.05) is 26.2 Å². The molecule has 0 saturated carbocycles. The summed E-state index contributed by atoms with van der Waals surface area (Å²) in [6.45, 7) is 10.0. The monoisotopic (exact) mass is 467 g/mol. The molecular weight excluding hydrogens is 430 g/mol. The van der Waals surface area contributed by atoms with Crippen LogP contribution in [0.15, 0.2) is 41.8 Å². The molecule has 1 fully saturated rings. The Labute approximate surface area is 202 Å². The number of amides is 2.